The first-order valence-electron chi connectivity index (χ1n) is 11.9. The Morgan fingerprint density at radius 2 is 1.71 bits per heavy atom. The van der Waals surface area contributed by atoms with E-state index < -0.39 is 6.04 Å². The minimum Gasteiger partial charge on any atom is -0.507 e. The summed E-state index contributed by atoms with van der Waals surface area (Å²) in [7, 11) is 0. The van der Waals surface area contributed by atoms with Crippen LogP contribution in [0.4, 0.5) is 5.82 Å². The molecule has 4 aromatic rings. The number of nitrogens with zero attached hydrogens (tertiary/aromatic N) is 5. The third kappa shape index (κ3) is 4.81. The molecule has 1 aromatic carbocycles. The number of benzene rings is 1. The highest BCUT2D eigenvalue weighted by atomic mass is 16.3. The molecule has 1 N–H and O–H groups in total. The van der Waals surface area contributed by atoms with E-state index in [-0.39, 0.29) is 11.3 Å². The third-order valence-corrected chi connectivity index (χ3v) is 6.63. The lowest BCUT2D eigenvalue weighted by atomic mass is 9.97. The van der Waals surface area contributed by atoms with Crippen LogP contribution in [-0.4, -0.2) is 50.7 Å². The van der Waals surface area contributed by atoms with Crippen LogP contribution < -0.4 is 10.5 Å². The molecule has 0 spiro atoms. The van der Waals surface area contributed by atoms with Crippen LogP contribution in [0.2, 0.25) is 0 Å². The van der Waals surface area contributed by atoms with Gasteiger partial charge in [-0.25, -0.2) is 4.98 Å². The van der Waals surface area contributed by atoms with Gasteiger partial charge >= 0.3 is 0 Å². The standard InChI is InChI=1S/C28H29N5O2/c1-21-18-24(34)26(28(35)33(21)20-22-8-3-2-4-9-22)27(23-10-7-12-29-19-23)32-16-14-31(15-17-32)25-11-5-6-13-30-25/h2-13,18-19,27,34H,14-17,20H2,1H3/t27-/m1/s1. The largest absolute Gasteiger partial charge is 0.507 e. The van der Waals surface area contributed by atoms with Gasteiger partial charge in [0.05, 0.1) is 18.2 Å². The molecule has 35 heavy (non-hydrogen) atoms. The molecular weight excluding hydrogens is 438 g/mol. The summed E-state index contributed by atoms with van der Waals surface area (Å²) in [6.07, 6.45) is 5.32. The van der Waals surface area contributed by atoms with E-state index >= 15 is 0 Å². The molecule has 1 fully saturated rings. The van der Waals surface area contributed by atoms with Crippen molar-refractivity contribution < 1.29 is 5.11 Å². The fourth-order valence-corrected chi connectivity index (χ4v) is 4.84. The van der Waals surface area contributed by atoms with Crippen molar-refractivity contribution in [2.75, 3.05) is 31.1 Å². The molecule has 3 aromatic heterocycles. The smallest absolute Gasteiger partial charge is 0.259 e. The van der Waals surface area contributed by atoms with Crippen molar-refractivity contribution >= 4 is 5.82 Å². The number of pyridine rings is 3. The van der Waals surface area contributed by atoms with Crippen LogP contribution in [0, 0.1) is 6.92 Å². The molecular formula is C28H29N5O2. The molecule has 0 saturated carbocycles. The van der Waals surface area contributed by atoms with Crippen molar-refractivity contribution in [3.8, 4) is 5.75 Å². The molecule has 1 aliphatic heterocycles. The van der Waals surface area contributed by atoms with Gasteiger partial charge in [0.15, 0.2) is 0 Å². The lowest BCUT2D eigenvalue weighted by molar-refractivity contribution is 0.207. The number of hydrogen-bond donors (Lipinski definition) is 1. The summed E-state index contributed by atoms with van der Waals surface area (Å²) in [5.74, 6) is 0.978. The lowest BCUT2D eigenvalue weighted by Gasteiger charge is -2.40. The molecule has 178 valence electrons. The molecule has 0 radical (unpaired) electrons. The summed E-state index contributed by atoms with van der Waals surface area (Å²) in [5, 5.41) is 11.1. The van der Waals surface area contributed by atoms with Gasteiger partial charge in [-0.2, -0.15) is 0 Å². The van der Waals surface area contributed by atoms with Gasteiger partial charge in [-0.3, -0.25) is 14.7 Å². The Morgan fingerprint density at radius 1 is 0.943 bits per heavy atom. The highest BCUT2D eigenvalue weighted by molar-refractivity contribution is 5.42. The van der Waals surface area contributed by atoms with Gasteiger partial charge in [-0.05, 0) is 42.3 Å². The Hall–Kier alpha value is -3.97. The molecule has 5 rings (SSSR count). The summed E-state index contributed by atoms with van der Waals surface area (Å²) in [5.41, 5.74) is 2.88. The van der Waals surface area contributed by atoms with E-state index in [1.54, 1.807) is 29.2 Å². The second-order valence-corrected chi connectivity index (χ2v) is 8.86. The van der Waals surface area contributed by atoms with Gasteiger partial charge in [0.2, 0.25) is 0 Å². The van der Waals surface area contributed by atoms with Crippen molar-refractivity contribution in [3.05, 3.63) is 118 Å². The Morgan fingerprint density at radius 3 is 2.40 bits per heavy atom. The molecule has 0 aliphatic carbocycles. The number of rotatable bonds is 6. The SMILES string of the molecule is Cc1cc(O)c([C@@H](c2cccnc2)N2CCN(c3ccccn3)CC2)c(=O)n1Cc1ccccc1. The van der Waals surface area contributed by atoms with E-state index in [0.29, 0.717) is 12.1 Å². The van der Waals surface area contributed by atoms with Crippen LogP contribution in [0.3, 0.4) is 0 Å². The maximum atomic E-state index is 13.9. The average molecular weight is 468 g/mol. The van der Waals surface area contributed by atoms with Gasteiger partial charge in [0, 0.05) is 50.5 Å². The second kappa shape index (κ2) is 10.1. The fraction of sp³-hybridized carbons (Fsp3) is 0.250. The zero-order valence-corrected chi connectivity index (χ0v) is 19.8. The lowest BCUT2D eigenvalue weighted by Crippen LogP contribution is -2.49. The molecule has 0 bridgehead atoms. The van der Waals surface area contributed by atoms with Gasteiger partial charge in [0.1, 0.15) is 11.6 Å². The van der Waals surface area contributed by atoms with Crippen LogP contribution in [0.1, 0.15) is 28.4 Å². The third-order valence-electron chi connectivity index (χ3n) is 6.63. The number of aromatic hydroxyl groups is 1. The Balaban J connectivity index is 1.52. The highest BCUT2D eigenvalue weighted by Gasteiger charge is 2.32. The first-order valence-corrected chi connectivity index (χ1v) is 11.9. The van der Waals surface area contributed by atoms with Gasteiger partial charge in [-0.1, -0.05) is 42.5 Å². The van der Waals surface area contributed by atoms with Crippen LogP contribution in [0.5, 0.6) is 5.75 Å². The maximum absolute atomic E-state index is 13.9. The van der Waals surface area contributed by atoms with Crippen molar-refractivity contribution in [2.45, 2.75) is 19.5 Å². The predicted octanol–water partition coefficient (Wildman–Crippen LogP) is 3.61. The van der Waals surface area contributed by atoms with E-state index in [2.05, 4.69) is 19.8 Å². The number of aryl methyl sites for hydroxylation is 1. The molecule has 0 amide bonds. The number of anilines is 1. The molecule has 1 aliphatic rings. The predicted molar refractivity (Wildman–Crippen MR) is 137 cm³/mol. The van der Waals surface area contributed by atoms with Crippen LogP contribution >= 0.6 is 0 Å². The van der Waals surface area contributed by atoms with Gasteiger partial charge < -0.3 is 14.6 Å². The fourth-order valence-electron chi connectivity index (χ4n) is 4.84. The number of piperazine rings is 1. The van der Waals surface area contributed by atoms with E-state index in [4.69, 9.17) is 0 Å². The molecule has 0 unspecified atom stereocenters. The zero-order valence-electron chi connectivity index (χ0n) is 19.8. The van der Waals surface area contributed by atoms with Crippen molar-refractivity contribution in [3.63, 3.8) is 0 Å². The van der Waals surface area contributed by atoms with Crippen LogP contribution in [0.15, 0.2) is 90.1 Å². The molecule has 7 heteroatoms. The monoisotopic (exact) mass is 467 g/mol. The Kier molecular flexibility index (Phi) is 6.59. The number of aromatic nitrogens is 3. The van der Waals surface area contributed by atoms with E-state index in [9.17, 15) is 9.90 Å². The van der Waals surface area contributed by atoms with E-state index in [0.717, 1.165) is 48.8 Å². The second-order valence-electron chi connectivity index (χ2n) is 8.86. The summed E-state index contributed by atoms with van der Waals surface area (Å²) in [6, 6.07) is 21.0. The average Bonchev–Trinajstić information content (AvgIpc) is 2.91. The van der Waals surface area contributed by atoms with Crippen LogP contribution in [0.25, 0.3) is 0 Å². The van der Waals surface area contributed by atoms with Gasteiger partial charge in [-0.15, -0.1) is 0 Å². The normalized spacial score (nSPS) is 15.2. The first kappa shape index (κ1) is 22.8. The van der Waals surface area contributed by atoms with Crippen LogP contribution in [-0.2, 0) is 6.54 Å². The van der Waals surface area contributed by atoms with Crippen molar-refractivity contribution in [1.29, 1.82) is 0 Å². The Labute approximate surface area is 204 Å². The molecule has 7 nitrogen and oxygen atoms in total. The maximum Gasteiger partial charge on any atom is 0.259 e. The summed E-state index contributed by atoms with van der Waals surface area (Å²) in [6.45, 7) is 5.31. The zero-order chi connectivity index (χ0) is 24.2. The summed E-state index contributed by atoms with van der Waals surface area (Å²) >= 11 is 0. The first-order chi connectivity index (χ1) is 17.1. The molecule has 1 atom stereocenters. The van der Waals surface area contributed by atoms with Crippen molar-refractivity contribution in [2.24, 2.45) is 0 Å². The van der Waals surface area contributed by atoms with E-state index in [1.807, 2.05) is 67.6 Å². The number of hydrogen-bond acceptors (Lipinski definition) is 6. The molecule has 1 saturated heterocycles. The topological polar surface area (TPSA) is 74.5 Å². The minimum atomic E-state index is -0.398. The quantitative estimate of drug-likeness (QED) is 0.467. The van der Waals surface area contributed by atoms with E-state index in [1.165, 1.54) is 0 Å². The highest BCUT2D eigenvalue weighted by Crippen LogP contribution is 2.33. The summed E-state index contributed by atoms with van der Waals surface area (Å²) < 4.78 is 1.75. The Bertz CT molecular complexity index is 1320. The summed E-state index contributed by atoms with van der Waals surface area (Å²) in [4.78, 5) is 27.2. The minimum absolute atomic E-state index is 0.0258. The van der Waals surface area contributed by atoms with Gasteiger partial charge in [0.25, 0.3) is 5.56 Å². The van der Waals surface area contributed by atoms with Crippen molar-refractivity contribution in [1.82, 2.24) is 19.4 Å². The molecule has 4 heterocycles.